The van der Waals surface area contributed by atoms with Crippen LogP contribution in [0.4, 0.5) is 0 Å². The van der Waals surface area contributed by atoms with E-state index in [1.54, 1.807) is 0 Å². The number of ether oxygens (including phenoxy) is 1. The zero-order valence-electron chi connectivity index (χ0n) is 12.8. The summed E-state index contributed by atoms with van der Waals surface area (Å²) in [4.78, 5) is 11.6. The van der Waals surface area contributed by atoms with Gasteiger partial charge in [-0.15, -0.1) is 0 Å². The number of rotatable bonds is 6. The SMILES string of the molecule is COC(=O)CC(NC1CCCC1)C(O)c1ccc(C)cc1. The first-order valence-electron chi connectivity index (χ1n) is 7.67. The number of hydrogen-bond acceptors (Lipinski definition) is 4. The first-order valence-corrected chi connectivity index (χ1v) is 7.67. The lowest BCUT2D eigenvalue weighted by Crippen LogP contribution is -2.42. The molecule has 1 fully saturated rings. The van der Waals surface area contributed by atoms with Crippen LogP contribution in [0.1, 0.15) is 49.3 Å². The van der Waals surface area contributed by atoms with Crippen LogP contribution in [0.15, 0.2) is 24.3 Å². The molecule has 0 aliphatic heterocycles. The van der Waals surface area contributed by atoms with Crippen molar-refractivity contribution >= 4 is 5.97 Å². The first-order chi connectivity index (χ1) is 10.1. The van der Waals surface area contributed by atoms with Crippen molar-refractivity contribution in [2.45, 2.75) is 57.2 Å². The molecule has 2 N–H and O–H groups in total. The maximum absolute atomic E-state index is 11.6. The molecule has 0 spiro atoms. The third-order valence-corrected chi connectivity index (χ3v) is 4.22. The molecule has 1 saturated carbocycles. The van der Waals surface area contributed by atoms with Crippen LogP contribution in [0, 0.1) is 6.92 Å². The van der Waals surface area contributed by atoms with Gasteiger partial charge in [0.2, 0.25) is 0 Å². The Morgan fingerprint density at radius 2 is 1.95 bits per heavy atom. The Labute approximate surface area is 126 Å². The monoisotopic (exact) mass is 291 g/mol. The molecule has 0 bridgehead atoms. The summed E-state index contributed by atoms with van der Waals surface area (Å²) in [7, 11) is 1.38. The average molecular weight is 291 g/mol. The van der Waals surface area contributed by atoms with E-state index in [-0.39, 0.29) is 18.4 Å². The molecule has 1 aliphatic carbocycles. The molecule has 0 aromatic heterocycles. The molecule has 0 heterocycles. The molecule has 4 heteroatoms. The summed E-state index contributed by atoms with van der Waals surface area (Å²) in [6, 6.07) is 7.87. The zero-order valence-corrected chi connectivity index (χ0v) is 12.8. The van der Waals surface area contributed by atoms with Crippen LogP contribution in [0.2, 0.25) is 0 Å². The summed E-state index contributed by atoms with van der Waals surface area (Å²) in [5, 5.41) is 14.0. The van der Waals surface area contributed by atoms with Crippen molar-refractivity contribution in [1.29, 1.82) is 0 Å². The topological polar surface area (TPSA) is 58.6 Å². The van der Waals surface area contributed by atoms with E-state index in [2.05, 4.69) is 5.32 Å². The highest BCUT2D eigenvalue weighted by Gasteiger charge is 2.27. The van der Waals surface area contributed by atoms with Gasteiger partial charge in [-0.25, -0.2) is 0 Å². The molecule has 116 valence electrons. The predicted molar refractivity (Wildman–Crippen MR) is 82.0 cm³/mol. The normalized spacial score (nSPS) is 18.4. The zero-order chi connectivity index (χ0) is 15.2. The van der Waals surface area contributed by atoms with Crippen LogP contribution in [-0.2, 0) is 9.53 Å². The summed E-state index contributed by atoms with van der Waals surface area (Å²) in [5.74, 6) is -0.295. The van der Waals surface area contributed by atoms with E-state index in [1.165, 1.54) is 20.0 Å². The first kappa shape index (κ1) is 16.0. The molecular weight excluding hydrogens is 266 g/mol. The van der Waals surface area contributed by atoms with E-state index in [0.29, 0.717) is 6.04 Å². The lowest BCUT2D eigenvalue weighted by Gasteiger charge is -2.27. The van der Waals surface area contributed by atoms with E-state index in [0.717, 1.165) is 24.0 Å². The molecule has 1 aromatic carbocycles. The highest BCUT2D eigenvalue weighted by molar-refractivity contribution is 5.70. The number of aliphatic hydroxyl groups is 1. The van der Waals surface area contributed by atoms with E-state index in [9.17, 15) is 9.90 Å². The molecule has 0 saturated heterocycles. The van der Waals surface area contributed by atoms with Gasteiger partial charge in [-0.1, -0.05) is 42.7 Å². The largest absolute Gasteiger partial charge is 0.469 e. The van der Waals surface area contributed by atoms with Crippen LogP contribution >= 0.6 is 0 Å². The number of esters is 1. The minimum Gasteiger partial charge on any atom is -0.469 e. The number of aliphatic hydroxyl groups excluding tert-OH is 1. The molecule has 1 aliphatic rings. The summed E-state index contributed by atoms with van der Waals surface area (Å²) < 4.78 is 4.76. The van der Waals surface area contributed by atoms with Gasteiger partial charge in [0, 0.05) is 12.1 Å². The number of carbonyl (C=O) groups excluding carboxylic acids is 1. The molecule has 2 rings (SSSR count). The highest BCUT2D eigenvalue weighted by Crippen LogP contribution is 2.24. The smallest absolute Gasteiger partial charge is 0.307 e. The van der Waals surface area contributed by atoms with E-state index in [1.807, 2.05) is 31.2 Å². The summed E-state index contributed by atoms with van der Waals surface area (Å²) in [6.45, 7) is 2.01. The Morgan fingerprint density at radius 3 is 2.52 bits per heavy atom. The van der Waals surface area contributed by atoms with Gasteiger partial charge in [0.25, 0.3) is 0 Å². The van der Waals surface area contributed by atoms with Gasteiger partial charge in [0.05, 0.1) is 19.6 Å². The summed E-state index contributed by atoms with van der Waals surface area (Å²) >= 11 is 0. The number of hydrogen-bond donors (Lipinski definition) is 2. The molecule has 21 heavy (non-hydrogen) atoms. The fourth-order valence-electron chi connectivity index (χ4n) is 2.92. The Hall–Kier alpha value is -1.39. The molecule has 4 nitrogen and oxygen atoms in total. The standard InChI is InChI=1S/C17H25NO3/c1-12-7-9-13(10-8-12)17(20)15(11-16(19)21-2)18-14-5-3-4-6-14/h7-10,14-15,17-18,20H,3-6,11H2,1-2H3. The maximum Gasteiger partial charge on any atom is 0.307 e. The minimum atomic E-state index is -0.703. The summed E-state index contributed by atoms with van der Waals surface area (Å²) in [5.41, 5.74) is 1.99. The lowest BCUT2D eigenvalue weighted by atomic mass is 9.97. The molecular formula is C17H25NO3. The fourth-order valence-corrected chi connectivity index (χ4v) is 2.92. The van der Waals surface area contributed by atoms with E-state index >= 15 is 0 Å². The third-order valence-electron chi connectivity index (χ3n) is 4.22. The number of nitrogens with one attached hydrogen (secondary N) is 1. The van der Waals surface area contributed by atoms with Crippen molar-refractivity contribution in [3.05, 3.63) is 35.4 Å². The van der Waals surface area contributed by atoms with Crippen LogP contribution in [0.3, 0.4) is 0 Å². The lowest BCUT2D eigenvalue weighted by molar-refractivity contribution is -0.142. The number of methoxy groups -OCH3 is 1. The Bertz CT molecular complexity index is 452. The summed E-state index contributed by atoms with van der Waals surface area (Å²) in [6.07, 6.45) is 4.12. The second-order valence-corrected chi connectivity index (χ2v) is 5.89. The predicted octanol–water partition coefficient (Wildman–Crippen LogP) is 2.49. The van der Waals surface area contributed by atoms with E-state index < -0.39 is 6.10 Å². The van der Waals surface area contributed by atoms with Gasteiger partial charge in [-0.2, -0.15) is 0 Å². The molecule has 0 amide bonds. The van der Waals surface area contributed by atoms with Gasteiger partial charge in [-0.3, -0.25) is 4.79 Å². The third kappa shape index (κ3) is 4.55. The highest BCUT2D eigenvalue weighted by atomic mass is 16.5. The van der Waals surface area contributed by atoms with Gasteiger partial charge < -0.3 is 15.2 Å². The van der Waals surface area contributed by atoms with Crippen molar-refractivity contribution in [3.8, 4) is 0 Å². The quantitative estimate of drug-likeness (QED) is 0.791. The maximum atomic E-state index is 11.6. The van der Waals surface area contributed by atoms with Gasteiger partial charge in [-0.05, 0) is 25.3 Å². The van der Waals surface area contributed by atoms with Crippen molar-refractivity contribution in [2.24, 2.45) is 0 Å². The van der Waals surface area contributed by atoms with Gasteiger partial charge in [0.15, 0.2) is 0 Å². The minimum absolute atomic E-state index is 0.183. The molecule has 2 atom stereocenters. The number of carbonyl (C=O) groups is 1. The fraction of sp³-hybridized carbons (Fsp3) is 0.588. The van der Waals surface area contributed by atoms with Crippen LogP contribution in [0.5, 0.6) is 0 Å². The van der Waals surface area contributed by atoms with Crippen molar-refractivity contribution in [3.63, 3.8) is 0 Å². The molecule has 2 unspecified atom stereocenters. The second kappa shape index (κ2) is 7.57. The average Bonchev–Trinajstić information content (AvgIpc) is 2.99. The van der Waals surface area contributed by atoms with Crippen molar-refractivity contribution < 1.29 is 14.6 Å². The van der Waals surface area contributed by atoms with Crippen molar-refractivity contribution in [1.82, 2.24) is 5.32 Å². The Balaban J connectivity index is 2.08. The van der Waals surface area contributed by atoms with Gasteiger partial charge >= 0.3 is 5.97 Å². The van der Waals surface area contributed by atoms with Crippen molar-refractivity contribution in [2.75, 3.05) is 7.11 Å². The van der Waals surface area contributed by atoms with E-state index in [4.69, 9.17) is 4.74 Å². The van der Waals surface area contributed by atoms with Crippen LogP contribution in [-0.4, -0.2) is 30.3 Å². The Kier molecular flexibility index (Phi) is 5.76. The number of benzene rings is 1. The van der Waals surface area contributed by atoms with Gasteiger partial charge in [0.1, 0.15) is 0 Å². The van der Waals surface area contributed by atoms with Crippen LogP contribution < -0.4 is 5.32 Å². The molecule has 0 radical (unpaired) electrons. The Morgan fingerprint density at radius 1 is 1.33 bits per heavy atom. The number of aryl methyl sites for hydroxylation is 1. The van der Waals surface area contributed by atoms with Crippen LogP contribution in [0.25, 0.3) is 0 Å². The molecule has 1 aromatic rings. The second-order valence-electron chi connectivity index (χ2n) is 5.89.